The molecule has 4 nitrogen and oxygen atoms in total. The van der Waals surface area contributed by atoms with Gasteiger partial charge in [-0.1, -0.05) is 0 Å². The van der Waals surface area contributed by atoms with Crippen molar-refractivity contribution < 1.29 is 18.8 Å². The summed E-state index contributed by atoms with van der Waals surface area (Å²) < 4.78 is 6.09. The minimum absolute atomic E-state index is 0.0422. The van der Waals surface area contributed by atoms with Crippen LogP contribution in [0.3, 0.4) is 0 Å². The van der Waals surface area contributed by atoms with Gasteiger partial charge in [0.15, 0.2) is 5.78 Å². The molecule has 0 bridgehead atoms. The molecule has 0 aromatic heterocycles. The normalized spacial score (nSPS) is 20.2. The van der Waals surface area contributed by atoms with Crippen molar-refractivity contribution >= 4 is 12.1 Å². The quantitative estimate of drug-likeness (QED) is 0.378. The molecule has 15 heavy (non-hydrogen) atoms. The third-order valence-electron chi connectivity index (χ3n) is 3.26. The van der Waals surface area contributed by atoms with Crippen LogP contribution in [0.4, 0.5) is 0 Å². The van der Waals surface area contributed by atoms with Crippen LogP contribution in [-0.2, 0) is 14.3 Å². The third kappa shape index (κ3) is 3.11. The van der Waals surface area contributed by atoms with Crippen molar-refractivity contribution in [2.75, 3.05) is 32.8 Å². The van der Waals surface area contributed by atoms with Gasteiger partial charge >= 0.3 is 0 Å². The van der Waals surface area contributed by atoms with Gasteiger partial charge in [0.1, 0.15) is 25.9 Å². The summed E-state index contributed by atoms with van der Waals surface area (Å²) in [5, 5.41) is 0. The van der Waals surface area contributed by atoms with Gasteiger partial charge in [0.05, 0.1) is 25.7 Å². The standard InChI is InChI=1S/C11H20NO3/c1-10(2)12(4-7-15-8-5-12)9-11(14)3-6-13/h6,10H,3-5,7-9H2,1-2H3/q+1. The summed E-state index contributed by atoms with van der Waals surface area (Å²) >= 11 is 0. The molecule has 0 saturated carbocycles. The molecule has 1 fully saturated rings. The van der Waals surface area contributed by atoms with Gasteiger partial charge in [0.25, 0.3) is 0 Å². The molecule has 0 amide bonds. The van der Waals surface area contributed by atoms with E-state index in [1.54, 1.807) is 0 Å². The van der Waals surface area contributed by atoms with E-state index < -0.39 is 0 Å². The first-order chi connectivity index (χ1) is 7.10. The molecule has 0 atom stereocenters. The highest BCUT2D eigenvalue weighted by atomic mass is 16.5. The summed E-state index contributed by atoms with van der Waals surface area (Å²) in [6, 6.07) is 0.407. The third-order valence-corrected chi connectivity index (χ3v) is 3.26. The smallest absolute Gasteiger partial charge is 0.193 e. The van der Waals surface area contributed by atoms with Crippen molar-refractivity contribution in [2.24, 2.45) is 0 Å². The summed E-state index contributed by atoms with van der Waals surface area (Å²) in [4.78, 5) is 21.8. The highest BCUT2D eigenvalue weighted by Gasteiger charge is 2.35. The van der Waals surface area contributed by atoms with E-state index in [2.05, 4.69) is 13.8 Å². The largest absolute Gasteiger partial charge is 0.370 e. The summed E-state index contributed by atoms with van der Waals surface area (Å²) in [6.07, 6.45) is 0.743. The Morgan fingerprint density at radius 2 is 2.00 bits per heavy atom. The summed E-state index contributed by atoms with van der Waals surface area (Å²) in [7, 11) is 0. The zero-order valence-corrected chi connectivity index (χ0v) is 9.57. The molecule has 0 spiro atoms. The van der Waals surface area contributed by atoms with Gasteiger partial charge in [-0.25, -0.2) is 0 Å². The molecular weight excluding hydrogens is 194 g/mol. The molecular formula is C11H20NO3+. The van der Waals surface area contributed by atoms with Crippen LogP contribution >= 0.6 is 0 Å². The Bertz CT molecular complexity index is 232. The fourth-order valence-corrected chi connectivity index (χ4v) is 2.07. The maximum Gasteiger partial charge on any atom is 0.193 e. The first-order valence-electron chi connectivity index (χ1n) is 5.49. The molecule has 1 heterocycles. The second-order valence-corrected chi connectivity index (χ2v) is 4.44. The number of hydrogen-bond donors (Lipinski definition) is 0. The molecule has 1 aliphatic heterocycles. The van der Waals surface area contributed by atoms with Crippen molar-refractivity contribution in [2.45, 2.75) is 26.3 Å². The first kappa shape index (κ1) is 12.3. The fourth-order valence-electron chi connectivity index (χ4n) is 2.07. The van der Waals surface area contributed by atoms with E-state index in [9.17, 15) is 9.59 Å². The number of Topliss-reactive ketones (excluding diaryl/α,β-unsaturated/α-hetero) is 1. The van der Waals surface area contributed by atoms with Gasteiger partial charge in [-0.3, -0.25) is 4.79 Å². The maximum atomic E-state index is 11.5. The van der Waals surface area contributed by atoms with Crippen molar-refractivity contribution in [3.8, 4) is 0 Å². The molecule has 86 valence electrons. The number of carbonyl (C=O) groups excluding carboxylic acids is 2. The van der Waals surface area contributed by atoms with E-state index in [1.165, 1.54) is 0 Å². The Kier molecular flexibility index (Phi) is 4.42. The molecule has 0 aromatic carbocycles. The predicted octanol–water partition coefficient (Wildman–Crippen LogP) is 0.400. The van der Waals surface area contributed by atoms with Gasteiger partial charge in [-0.2, -0.15) is 0 Å². The van der Waals surface area contributed by atoms with Gasteiger partial charge in [-0.15, -0.1) is 0 Å². The van der Waals surface area contributed by atoms with Gasteiger partial charge in [0, 0.05) is 0 Å². The van der Waals surface area contributed by atoms with E-state index in [1.807, 2.05) is 0 Å². The number of carbonyl (C=O) groups is 2. The topological polar surface area (TPSA) is 43.4 Å². The molecule has 1 saturated heterocycles. The van der Waals surface area contributed by atoms with Crippen LogP contribution in [0.1, 0.15) is 20.3 Å². The van der Waals surface area contributed by atoms with Crippen molar-refractivity contribution in [1.82, 2.24) is 0 Å². The summed E-state index contributed by atoms with van der Waals surface area (Å²) in [6.45, 7) is 7.91. The number of rotatable bonds is 5. The SMILES string of the molecule is CC(C)[N+]1(CC(=O)CC=O)CCOCC1. The lowest BCUT2D eigenvalue weighted by atomic mass is 10.1. The van der Waals surface area contributed by atoms with Crippen LogP contribution in [0.2, 0.25) is 0 Å². The number of ether oxygens (including phenoxy) is 1. The van der Waals surface area contributed by atoms with Gasteiger partial charge < -0.3 is 14.0 Å². The zero-order chi connectivity index (χ0) is 11.3. The second-order valence-electron chi connectivity index (χ2n) is 4.44. The van der Waals surface area contributed by atoms with Crippen LogP contribution < -0.4 is 0 Å². The van der Waals surface area contributed by atoms with Crippen LogP contribution in [0.25, 0.3) is 0 Å². The van der Waals surface area contributed by atoms with E-state index in [0.717, 1.165) is 17.6 Å². The highest BCUT2D eigenvalue weighted by molar-refractivity contribution is 5.90. The van der Waals surface area contributed by atoms with Gasteiger partial charge in [0.2, 0.25) is 0 Å². The maximum absolute atomic E-state index is 11.5. The van der Waals surface area contributed by atoms with Gasteiger partial charge in [-0.05, 0) is 13.8 Å². The Morgan fingerprint density at radius 1 is 1.40 bits per heavy atom. The predicted molar refractivity (Wildman–Crippen MR) is 56.5 cm³/mol. The molecule has 4 heteroatoms. The fraction of sp³-hybridized carbons (Fsp3) is 0.818. The van der Waals surface area contributed by atoms with Crippen LogP contribution in [0.15, 0.2) is 0 Å². The number of nitrogens with zero attached hydrogens (tertiary/aromatic N) is 1. The molecule has 0 radical (unpaired) electrons. The average Bonchev–Trinajstić information content (AvgIpc) is 2.19. The molecule has 0 N–H and O–H groups in total. The summed E-state index contributed by atoms with van der Waals surface area (Å²) in [5.41, 5.74) is 0. The van der Waals surface area contributed by atoms with Crippen molar-refractivity contribution in [3.63, 3.8) is 0 Å². The van der Waals surface area contributed by atoms with E-state index in [0.29, 0.717) is 32.1 Å². The number of aldehydes is 1. The van der Waals surface area contributed by atoms with E-state index >= 15 is 0 Å². The minimum Gasteiger partial charge on any atom is -0.370 e. The van der Waals surface area contributed by atoms with Crippen LogP contribution in [0.5, 0.6) is 0 Å². The molecule has 0 aliphatic carbocycles. The monoisotopic (exact) mass is 214 g/mol. The van der Waals surface area contributed by atoms with Crippen LogP contribution in [0, 0.1) is 0 Å². The average molecular weight is 214 g/mol. The van der Waals surface area contributed by atoms with Crippen molar-refractivity contribution in [3.05, 3.63) is 0 Å². The Morgan fingerprint density at radius 3 is 2.47 bits per heavy atom. The molecule has 1 rings (SSSR count). The summed E-state index contributed by atoms with van der Waals surface area (Å²) in [5.74, 6) is 0.0422. The molecule has 1 aliphatic rings. The first-order valence-corrected chi connectivity index (χ1v) is 5.49. The number of hydrogen-bond acceptors (Lipinski definition) is 3. The van der Waals surface area contributed by atoms with E-state index in [4.69, 9.17) is 4.74 Å². The minimum atomic E-state index is 0.0422. The Balaban J connectivity index is 2.63. The Hall–Kier alpha value is -0.740. The Labute approximate surface area is 90.8 Å². The van der Waals surface area contributed by atoms with Crippen LogP contribution in [-0.4, -0.2) is 55.4 Å². The lowest BCUT2D eigenvalue weighted by Gasteiger charge is -2.44. The molecule has 0 aromatic rings. The number of ketones is 1. The lowest BCUT2D eigenvalue weighted by Crippen LogP contribution is -2.61. The highest BCUT2D eigenvalue weighted by Crippen LogP contribution is 2.17. The molecule has 0 unspecified atom stereocenters. The lowest BCUT2D eigenvalue weighted by molar-refractivity contribution is -0.947. The number of quaternary nitrogens is 1. The number of morpholine rings is 1. The van der Waals surface area contributed by atoms with E-state index in [-0.39, 0.29) is 12.2 Å². The second kappa shape index (κ2) is 5.37. The van der Waals surface area contributed by atoms with Crippen molar-refractivity contribution in [1.29, 1.82) is 0 Å². The zero-order valence-electron chi connectivity index (χ0n) is 9.57.